The highest BCUT2D eigenvalue weighted by Gasteiger charge is 2.45. The van der Waals surface area contributed by atoms with Gasteiger partial charge in [-0.3, -0.25) is 9.56 Å². The Morgan fingerprint density at radius 1 is 1.71 bits per heavy atom. The Kier molecular flexibility index (Phi) is 2.18. The fourth-order valence-electron chi connectivity index (χ4n) is 2.20. The molecule has 2 N–H and O–H groups in total. The van der Waals surface area contributed by atoms with Gasteiger partial charge in [-0.2, -0.15) is 0 Å². The third-order valence-corrected chi connectivity index (χ3v) is 3.11. The number of aliphatic hydroxyl groups excluding tert-OH is 1. The van der Waals surface area contributed by atoms with E-state index in [1.54, 1.807) is 17.2 Å². The number of nitrogens with one attached hydrogen (secondary N) is 1. The number of anilines is 1. The molecule has 1 aromatic rings. The van der Waals surface area contributed by atoms with E-state index in [9.17, 15) is 5.11 Å². The van der Waals surface area contributed by atoms with Gasteiger partial charge in [0.2, 0.25) is 5.72 Å². The minimum Gasteiger partial charge on any atom is -0.387 e. The Balaban J connectivity index is 2.10. The van der Waals surface area contributed by atoms with Crippen LogP contribution in [0.5, 0.6) is 0 Å². The van der Waals surface area contributed by atoms with Crippen molar-refractivity contribution in [2.24, 2.45) is 4.99 Å². The van der Waals surface area contributed by atoms with Crippen LogP contribution in [0.25, 0.3) is 0 Å². The first kappa shape index (κ1) is 10.3. The summed E-state index contributed by atoms with van der Waals surface area (Å²) in [5, 5.41) is 13.0. The Morgan fingerprint density at radius 3 is 3.29 bits per heavy atom. The summed E-state index contributed by atoms with van der Waals surface area (Å²) in [5.74, 6) is 3.28. The number of rotatable bonds is 1. The van der Waals surface area contributed by atoms with Gasteiger partial charge >= 0.3 is 0 Å². The average Bonchev–Trinajstić information content (AvgIpc) is 2.93. The zero-order valence-electron chi connectivity index (χ0n) is 9.13. The molecule has 88 valence electrons. The van der Waals surface area contributed by atoms with Gasteiger partial charge in [0.1, 0.15) is 17.6 Å². The molecule has 3 heterocycles. The second-order valence-corrected chi connectivity index (χ2v) is 4.02. The lowest BCUT2D eigenvalue weighted by atomic mass is 10.1. The SMILES string of the molecule is C#CC1(n2cnc3c2NC=NC3)OCCC1O. The molecule has 1 saturated heterocycles. The molecule has 0 bridgehead atoms. The lowest BCUT2D eigenvalue weighted by molar-refractivity contribution is -0.0699. The standard InChI is InChI=1S/C11H12N4O2/c1-2-11(9(16)3-4-17-11)15-7-14-8-5-12-6-13-10(8)15/h1,6-7,9,16H,3-5H2,(H,12,13). The van der Waals surface area contributed by atoms with Crippen LogP contribution in [0.3, 0.4) is 0 Å². The molecule has 1 fully saturated rings. The highest BCUT2D eigenvalue weighted by atomic mass is 16.5. The van der Waals surface area contributed by atoms with Crippen LogP contribution in [0.4, 0.5) is 5.82 Å². The fourth-order valence-corrected chi connectivity index (χ4v) is 2.20. The highest BCUT2D eigenvalue weighted by molar-refractivity contribution is 5.77. The number of hydrogen-bond donors (Lipinski definition) is 2. The summed E-state index contributed by atoms with van der Waals surface area (Å²) in [6, 6.07) is 0. The van der Waals surface area contributed by atoms with Crippen LogP contribution >= 0.6 is 0 Å². The van der Waals surface area contributed by atoms with Crippen molar-refractivity contribution in [1.29, 1.82) is 0 Å². The minimum atomic E-state index is -1.15. The largest absolute Gasteiger partial charge is 0.387 e. The van der Waals surface area contributed by atoms with E-state index in [1.165, 1.54) is 0 Å². The summed E-state index contributed by atoms with van der Waals surface area (Å²) in [5.41, 5.74) is -0.358. The zero-order chi connectivity index (χ0) is 11.9. The van der Waals surface area contributed by atoms with Gasteiger partial charge in [-0.05, 0) is 5.92 Å². The summed E-state index contributed by atoms with van der Waals surface area (Å²) in [7, 11) is 0. The molecule has 2 atom stereocenters. The van der Waals surface area contributed by atoms with Crippen molar-refractivity contribution in [2.45, 2.75) is 24.8 Å². The molecule has 2 aliphatic heterocycles. The van der Waals surface area contributed by atoms with Gasteiger partial charge in [-0.25, -0.2) is 4.98 Å². The van der Waals surface area contributed by atoms with Crippen molar-refractivity contribution < 1.29 is 9.84 Å². The van der Waals surface area contributed by atoms with Gasteiger partial charge in [-0.1, -0.05) is 0 Å². The molecule has 6 heteroatoms. The first-order valence-electron chi connectivity index (χ1n) is 5.39. The Morgan fingerprint density at radius 2 is 2.59 bits per heavy atom. The molecule has 2 aliphatic rings. The Bertz CT molecular complexity index is 516. The molecule has 17 heavy (non-hydrogen) atoms. The summed E-state index contributed by atoms with van der Waals surface area (Å²) < 4.78 is 7.24. The molecule has 0 saturated carbocycles. The smallest absolute Gasteiger partial charge is 0.237 e. The number of hydrogen-bond acceptors (Lipinski definition) is 5. The summed E-state index contributed by atoms with van der Waals surface area (Å²) in [6.07, 6.45) is 8.50. The monoisotopic (exact) mass is 232 g/mol. The maximum absolute atomic E-state index is 10.0. The van der Waals surface area contributed by atoms with Crippen molar-refractivity contribution in [3.63, 3.8) is 0 Å². The second-order valence-electron chi connectivity index (χ2n) is 4.02. The van der Waals surface area contributed by atoms with E-state index in [1.807, 2.05) is 0 Å². The van der Waals surface area contributed by atoms with Crippen molar-refractivity contribution in [1.82, 2.24) is 9.55 Å². The number of ether oxygens (including phenoxy) is 1. The first-order chi connectivity index (χ1) is 8.28. The third-order valence-electron chi connectivity index (χ3n) is 3.11. The van der Waals surface area contributed by atoms with Crippen molar-refractivity contribution >= 4 is 12.2 Å². The van der Waals surface area contributed by atoms with Crippen LogP contribution < -0.4 is 5.32 Å². The molecule has 0 spiro atoms. The molecule has 1 aromatic heterocycles. The van der Waals surface area contributed by atoms with Crippen LogP contribution in [0.2, 0.25) is 0 Å². The number of nitrogens with zero attached hydrogens (tertiary/aromatic N) is 3. The molecule has 0 radical (unpaired) electrons. The van der Waals surface area contributed by atoms with Crippen molar-refractivity contribution in [2.75, 3.05) is 11.9 Å². The van der Waals surface area contributed by atoms with Gasteiger partial charge in [-0.15, -0.1) is 6.42 Å². The number of aliphatic imine (C=N–C) groups is 1. The van der Waals surface area contributed by atoms with Crippen LogP contribution in [-0.2, 0) is 17.0 Å². The van der Waals surface area contributed by atoms with Gasteiger partial charge in [0.15, 0.2) is 0 Å². The van der Waals surface area contributed by atoms with E-state index in [0.29, 0.717) is 19.6 Å². The van der Waals surface area contributed by atoms with E-state index < -0.39 is 11.8 Å². The van der Waals surface area contributed by atoms with Gasteiger partial charge < -0.3 is 15.2 Å². The van der Waals surface area contributed by atoms with E-state index in [-0.39, 0.29) is 0 Å². The predicted molar refractivity (Wildman–Crippen MR) is 61.4 cm³/mol. The first-order valence-corrected chi connectivity index (χ1v) is 5.39. The molecule has 0 amide bonds. The maximum atomic E-state index is 10.0. The molecule has 0 aliphatic carbocycles. The Labute approximate surface area is 98.3 Å². The summed E-state index contributed by atoms with van der Waals surface area (Å²) in [6.45, 7) is 0.943. The normalized spacial score (nSPS) is 30.7. The Hall–Kier alpha value is -1.84. The second kappa shape index (κ2) is 3.58. The summed E-state index contributed by atoms with van der Waals surface area (Å²) in [4.78, 5) is 8.29. The molecule has 2 unspecified atom stereocenters. The molecule has 0 aromatic carbocycles. The molecule has 6 nitrogen and oxygen atoms in total. The van der Waals surface area contributed by atoms with Gasteiger partial charge in [0.25, 0.3) is 0 Å². The predicted octanol–water partition coefficient (Wildman–Crippen LogP) is -0.0959. The van der Waals surface area contributed by atoms with Crippen molar-refractivity contribution in [3.05, 3.63) is 12.0 Å². The third kappa shape index (κ3) is 1.30. The van der Waals surface area contributed by atoms with E-state index in [2.05, 4.69) is 21.2 Å². The van der Waals surface area contributed by atoms with Crippen LogP contribution in [-0.4, -0.2) is 33.7 Å². The van der Waals surface area contributed by atoms with Crippen LogP contribution in [0, 0.1) is 12.3 Å². The van der Waals surface area contributed by atoms with Crippen molar-refractivity contribution in [3.8, 4) is 12.3 Å². The maximum Gasteiger partial charge on any atom is 0.237 e. The number of fused-ring (bicyclic) bond motifs is 1. The average molecular weight is 232 g/mol. The fraction of sp³-hybridized carbons (Fsp3) is 0.455. The lowest BCUT2D eigenvalue weighted by Crippen LogP contribution is -2.41. The zero-order valence-corrected chi connectivity index (χ0v) is 9.13. The number of aromatic nitrogens is 2. The van der Waals surface area contributed by atoms with E-state index in [4.69, 9.17) is 11.2 Å². The quantitative estimate of drug-likeness (QED) is 0.663. The minimum absolute atomic E-state index is 0.437. The topological polar surface area (TPSA) is 71.7 Å². The number of aliphatic hydroxyl groups is 1. The van der Waals surface area contributed by atoms with Gasteiger partial charge in [0.05, 0.1) is 25.8 Å². The summed E-state index contributed by atoms with van der Waals surface area (Å²) >= 11 is 0. The number of imidazole rings is 1. The van der Waals surface area contributed by atoms with E-state index >= 15 is 0 Å². The molecule has 3 rings (SSSR count). The van der Waals surface area contributed by atoms with Gasteiger partial charge in [0, 0.05) is 6.42 Å². The highest BCUT2D eigenvalue weighted by Crippen LogP contribution is 2.35. The molecular weight excluding hydrogens is 220 g/mol. The van der Waals surface area contributed by atoms with Crippen LogP contribution in [0.1, 0.15) is 12.1 Å². The lowest BCUT2D eigenvalue weighted by Gasteiger charge is -2.29. The van der Waals surface area contributed by atoms with Crippen LogP contribution in [0.15, 0.2) is 11.3 Å². The number of terminal acetylenes is 1. The van der Waals surface area contributed by atoms with E-state index in [0.717, 1.165) is 11.5 Å². The molecular formula is C11H12N4O2.